The molecule has 0 saturated heterocycles. The fourth-order valence-electron chi connectivity index (χ4n) is 2.67. The van der Waals surface area contributed by atoms with Crippen LogP contribution in [-0.4, -0.2) is 25.6 Å². The summed E-state index contributed by atoms with van der Waals surface area (Å²) < 4.78 is 23.5. The third kappa shape index (κ3) is 4.48. The number of anilines is 1. The van der Waals surface area contributed by atoms with E-state index in [4.69, 9.17) is 0 Å². The minimum Gasteiger partial charge on any atom is -0.320 e. The van der Waals surface area contributed by atoms with Crippen LogP contribution in [0.25, 0.3) is 10.6 Å². The molecule has 0 aliphatic carbocycles. The lowest BCUT2D eigenvalue weighted by atomic mass is 10.0. The summed E-state index contributed by atoms with van der Waals surface area (Å²) in [7, 11) is -3.35. The molecule has 2 aromatic carbocycles. The first-order valence-corrected chi connectivity index (χ1v) is 11.6. The number of nitrogens with zero attached hydrogens (tertiary/aromatic N) is 1. The Hall–Kier alpha value is -2.51. The third-order valence-corrected chi connectivity index (χ3v) is 6.45. The summed E-state index contributed by atoms with van der Waals surface area (Å²) >= 11 is 1.40. The van der Waals surface area contributed by atoms with Crippen molar-refractivity contribution in [3.05, 3.63) is 64.7 Å². The quantitative estimate of drug-likeness (QED) is 0.644. The molecule has 0 atom stereocenters. The molecule has 0 bridgehead atoms. The molecule has 7 heteroatoms. The molecule has 0 aliphatic heterocycles. The minimum atomic E-state index is -3.35. The van der Waals surface area contributed by atoms with Crippen LogP contribution in [0, 0.1) is 6.92 Å². The summed E-state index contributed by atoms with van der Waals surface area (Å²) in [5.74, 6) is 0.0904. The van der Waals surface area contributed by atoms with Crippen molar-refractivity contribution >= 4 is 32.8 Å². The third-order valence-electron chi connectivity index (χ3n) is 4.45. The summed E-state index contributed by atoms with van der Waals surface area (Å²) in [6.45, 7) is 6.09. The van der Waals surface area contributed by atoms with Crippen LogP contribution in [0.3, 0.4) is 0 Å². The predicted molar refractivity (Wildman–Crippen MR) is 114 cm³/mol. The maximum atomic E-state index is 12.6. The molecule has 3 aromatic rings. The van der Waals surface area contributed by atoms with E-state index in [9.17, 15) is 13.2 Å². The second-order valence-electron chi connectivity index (χ2n) is 7.02. The van der Waals surface area contributed by atoms with Gasteiger partial charge in [0.1, 0.15) is 10.7 Å². The molecule has 28 heavy (non-hydrogen) atoms. The average Bonchev–Trinajstić information content (AvgIpc) is 3.13. The highest BCUT2D eigenvalue weighted by Crippen LogP contribution is 2.27. The Bertz CT molecular complexity index is 1110. The van der Waals surface area contributed by atoms with Crippen LogP contribution < -0.4 is 5.32 Å². The van der Waals surface area contributed by atoms with Crippen LogP contribution in [-0.2, 0) is 9.84 Å². The highest BCUT2D eigenvalue weighted by Gasteiger charge is 2.15. The van der Waals surface area contributed by atoms with Crippen LogP contribution in [0.15, 0.2) is 52.7 Å². The second-order valence-corrected chi connectivity index (χ2v) is 9.89. The molecule has 0 spiro atoms. The molecule has 0 aliphatic rings. The molecule has 0 saturated carbocycles. The summed E-state index contributed by atoms with van der Waals surface area (Å²) in [6.07, 6.45) is 1.14. The van der Waals surface area contributed by atoms with Gasteiger partial charge < -0.3 is 5.32 Å². The maximum absolute atomic E-state index is 12.6. The number of hydrogen-bond donors (Lipinski definition) is 1. The molecule has 1 aromatic heterocycles. The van der Waals surface area contributed by atoms with E-state index in [1.807, 2.05) is 19.1 Å². The van der Waals surface area contributed by atoms with Gasteiger partial charge in [0, 0.05) is 22.9 Å². The fourth-order valence-corrected chi connectivity index (χ4v) is 4.13. The normalized spacial score (nSPS) is 11.6. The largest absolute Gasteiger partial charge is 0.320 e. The zero-order valence-electron chi connectivity index (χ0n) is 16.2. The monoisotopic (exact) mass is 414 g/mol. The van der Waals surface area contributed by atoms with Gasteiger partial charge in [0.05, 0.1) is 4.90 Å². The Morgan fingerprint density at radius 3 is 2.39 bits per heavy atom. The SMILES string of the molecule is Cc1ccc(S(C)(=O)=O)cc1NC(=O)c1csc(-c2ccc(C(C)C)cc2)n1. The van der Waals surface area contributed by atoms with E-state index in [-0.39, 0.29) is 10.8 Å². The van der Waals surface area contributed by atoms with Gasteiger partial charge in [0.15, 0.2) is 9.84 Å². The lowest BCUT2D eigenvalue weighted by Crippen LogP contribution is -2.13. The first-order chi connectivity index (χ1) is 13.1. The Morgan fingerprint density at radius 2 is 1.79 bits per heavy atom. The van der Waals surface area contributed by atoms with Crippen LogP contribution in [0.2, 0.25) is 0 Å². The summed E-state index contributed by atoms with van der Waals surface area (Å²) in [5, 5.41) is 5.24. The van der Waals surface area contributed by atoms with Crippen molar-refractivity contribution in [3.63, 3.8) is 0 Å². The van der Waals surface area contributed by atoms with E-state index < -0.39 is 9.84 Å². The van der Waals surface area contributed by atoms with Crippen LogP contribution >= 0.6 is 11.3 Å². The number of thiazole rings is 1. The molecule has 1 heterocycles. The lowest BCUT2D eigenvalue weighted by Gasteiger charge is -2.09. The Labute approximate surface area is 169 Å². The van der Waals surface area contributed by atoms with Gasteiger partial charge in [-0.3, -0.25) is 4.79 Å². The van der Waals surface area contributed by atoms with Crippen molar-refractivity contribution in [2.75, 3.05) is 11.6 Å². The lowest BCUT2D eigenvalue weighted by molar-refractivity contribution is 0.102. The molecule has 5 nitrogen and oxygen atoms in total. The van der Waals surface area contributed by atoms with Gasteiger partial charge in [-0.2, -0.15) is 0 Å². The molecular weight excluding hydrogens is 392 g/mol. The molecule has 0 radical (unpaired) electrons. The van der Waals surface area contributed by atoms with Gasteiger partial charge in [-0.25, -0.2) is 13.4 Å². The summed E-state index contributed by atoms with van der Waals surface area (Å²) in [4.78, 5) is 17.2. The predicted octanol–water partition coefficient (Wildman–Crippen LogP) is 4.90. The number of amides is 1. The summed E-state index contributed by atoms with van der Waals surface area (Å²) in [5.41, 5.74) is 3.75. The number of aromatic nitrogens is 1. The zero-order chi connectivity index (χ0) is 20.5. The Balaban J connectivity index is 1.81. The molecule has 1 N–H and O–H groups in total. The number of aryl methyl sites for hydroxylation is 1. The Morgan fingerprint density at radius 1 is 1.11 bits per heavy atom. The van der Waals surface area contributed by atoms with Crippen molar-refractivity contribution in [1.82, 2.24) is 4.98 Å². The molecule has 146 valence electrons. The summed E-state index contributed by atoms with van der Waals surface area (Å²) in [6, 6.07) is 12.8. The van der Waals surface area contributed by atoms with E-state index >= 15 is 0 Å². The van der Waals surface area contributed by atoms with Gasteiger partial charge in [0.25, 0.3) is 5.91 Å². The standard InChI is InChI=1S/C21H22N2O3S2/c1-13(2)15-6-8-16(9-7-15)21-23-19(12-27-21)20(24)22-18-11-17(28(4,25)26)10-5-14(18)3/h5-13H,1-4H3,(H,22,24). The van der Waals surface area contributed by atoms with Crippen LogP contribution in [0.4, 0.5) is 5.69 Å². The van der Waals surface area contributed by atoms with E-state index in [0.717, 1.165) is 22.4 Å². The first kappa shape index (κ1) is 20.2. The highest BCUT2D eigenvalue weighted by atomic mass is 32.2. The van der Waals surface area contributed by atoms with Gasteiger partial charge >= 0.3 is 0 Å². The van der Waals surface area contributed by atoms with E-state index in [2.05, 4.69) is 36.3 Å². The molecular formula is C21H22N2O3S2. The fraction of sp³-hybridized carbons (Fsp3) is 0.238. The number of carbonyl (C=O) groups excluding carboxylic acids is 1. The average molecular weight is 415 g/mol. The number of rotatable bonds is 5. The number of sulfone groups is 1. The number of benzene rings is 2. The topological polar surface area (TPSA) is 76.1 Å². The number of carbonyl (C=O) groups is 1. The van der Waals surface area contributed by atoms with Crippen molar-refractivity contribution in [2.24, 2.45) is 0 Å². The van der Waals surface area contributed by atoms with Gasteiger partial charge in [-0.15, -0.1) is 11.3 Å². The molecule has 0 fully saturated rings. The van der Waals surface area contributed by atoms with Crippen molar-refractivity contribution in [3.8, 4) is 10.6 Å². The van der Waals surface area contributed by atoms with Gasteiger partial charge in [-0.05, 0) is 36.1 Å². The highest BCUT2D eigenvalue weighted by molar-refractivity contribution is 7.90. The molecule has 3 rings (SSSR count). The second kappa shape index (κ2) is 7.85. The van der Waals surface area contributed by atoms with E-state index in [0.29, 0.717) is 17.3 Å². The van der Waals surface area contributed by atoms with E-state index in [1.165, 1.54) is 29.0 Å². The van der Waals surface area contributed by atoms with Gasteiger partial charge in [-0.1, -0.05) is 44.2 Å². The number of nitrogens with one attached hydrogen (secondary N) is 1. The minimum absolute atomic E-state index is 0.164. The first-order valence-electron chi connectivity index (χ1n) is 8.83. The molecule has 1 amide bonds. The Kier molecular flexibility index (Phi) is 5.67. The maximum Gasteiger partial charge on any atom is 0.275 e. The van der Waals surface area contributed by atoms with Gasteiger partial charge in [0.2, 0.25) is 0 Å². The van der Waals surface area contributed by atoms with E-state index in [1.54, 1.807) is 11.4 Å². The van der Waals surface area contributed by atoms with Crippen molar-refractivity contribution in [2.45, 2.75) is 31.6 Å². The number of hydrogen-bond acceptors (Lipinski definition) is 5. The van der Waals surface area contributed by atoms with Crippen molar-refractivity contribution < 1.29 is 13.2 Å². The smallest absolute Gasteiger partial charge is 0.275 e. The zero-order valence-corrected chi connectivity index (χ0v) is 17.8. The van der Waals surface area contributed by atoms with Crippen LogP contribution in [0.1, 0.15) is 41.4 Å². The van der Waals surface area contributed by atoms with Crippen molar-refractivity contribution in [1.29, 1.82) is 0 Å². The molecule has 0 unspecified atom stereocenters. The van der Waals surface area contributed by atoms with Crippen LogP contribution in [0.5, 0.6) is 0 Å².